The molecule has 0 bridgehead atoms. The molecule has 0 fully saturated rings. The molecule has 0 aliphatic heterocycles. The summed E-state index contributed by atoms with van der Waals surface area (Å²) in [6, 6.07) is 12.2. The molecule has 0 aliphatic carbocycles. The first-order valence-electron chi connectivity index (χ1n) is 7.66. The van der Waals surface area contributed by atoms with Crippen LogP contribution in [0.1, 0.15) is 26.3 Å². The zero-order chi connectivity index (χ0) is 19.3. The summed E-state index contributed by atoms with van der Waals surface area (Å²) in [5.74, 6) is -1.05. The Morgan fingerprint density at radius 2 is 1.54 bits per heavy atom. The molecule has 2 aromatic carbocycles. The van der Waals surface area contributed by atoms with Crippen molar-refractivity contribution in [3.05, 3.63) is 65.2 Å². The smallest absolute Gasteiger partial charge is 0.338 e. The highest BCUT2D eigenvalue weighted by Crippen LogP contribution is 2.17. The Morgan fingerprint density at radius 1 is 1.00 bits per heavy atom. The number of esters is 1. The monoisotopic (exact) mass is 377 g/mol. The van der Waals surface area contributed by atoms with Crippen molar-refractivity contribution in [3.63, 3.8) is 0 Å². The highest BCUT2D eigenvalue weighted by atomic mass is 32.2. The van der Waals surface area contributed by atoms with Gasteiger partial charge in [0.15, 0.2) is 12.4 Å². The highest BCUT2D eigenvalue weighted by molar-refractivity contribution is 7.92. The molecule has 0 saturated carbocycles. The number of carbonyl (C=O) groups is 2. The van der Waals surface area contributed by atoms with Gasteiger partial charge < -0.3 is 9.84 Å². The summed E-state index contributed by atoms with van der Waals surface area (Å²) >= 11 is 0. The predicted octanol–water partition coefficient (Wildman–Crippen LogP) is 1.61. The van der Waals surface area contributed by atoms with Gasteiger partial charge in [-0.15, -0.1) is 0 Å². The molecule has 0 unspecified atom stereocenters. The van der Waals surface area contributed by atoms with Gasteiger partial charge in [-0.25, -0.2) is 13.2 Å². The topological polar surface area (TPSA) is 101 Å². The SMILES string of the molecule is CN(c1ccc(C(=O)COC(=O)c2ccc(CO)cc2)cc1)S(C)(=O)=O. The van der Waals surface area contributed by atoms with Gasteiger partial charge >= 0.3 is 5.97 Å². The van der Waals surface area contributed by atoms with E-state index < -0.39 is 28.4 Å². The van der Waals surface area contributed by atoms with Crippen LogP contribution in [0.4, 0.5) is 5.69 Å². The van der Waals surface area contributed by atoms with Crippen molar-refractivity contribution in [1.29, 1.82) is 0 Å². The summed E-state index contributed by atoms with van der Waals surface area (Å²) in [5, 5.41) is 8.97. The molecule has 0 saturated heterocycles. The number of nitrogens with zero attached hydrogens (tertiary/aromatic N) is 1. The first-order valence-corrected chi connectivity index (χ1v) is 9.51. The first-order chi connectivity index (χ1) is 12.2. The van der Waals surface area contributed by atoms with Gasteiger partial charge in [-0.2, -0.15) is 0 Å². The Morgan fingerprint density at radius 3 is 2.04 bits per heavy atom. The Hall–Kier alpha value is -2.71. The number of sulfonamides is 1. The van der Waals surface area contributed by atoms with Crippen molar-refractivity contribution in [2.75, 3.05) is 24.2 Å². The number of rotatable bonds is 7. The van der Waals surface area contributed by atoms with Crippen LogP contribution >= 0.6 is 0 Å². The molecule has 0 aliphatic rings. The van der Waals surface area contributed by atoms with E-state index in [0.717, 1.165) is 10.6 Å². The summed E-state index contributed by atoms with van der Waals surface area (Å²) in [6.45, 7) is -0.555. The van der Waals surface area contributed by atoms with Crippen LogP contribution in [0.5, 0.6) is 0 Å². The Labute approximate surface area is 151 Å². The van der Waals surface area contributed by atoms with Gasteiger partial charge in [-0.1, -0.05) is 12.1 Å². The van der Waals surface area contributed by atoms with Crippen LogP contribution in [-0.4, -0.2) is 45.2 Å². The zero-order valence-electron chi connectivity index (χ0n) is 14.4. The predicted molar refractivity (Wildman–Crippen MR) is 96.7 cm³/mol. The van der Waals surface area contributed by atoms with E-state index >= 15 is 0 Å². The summed E-state index contributed by atoms with van der Waals surface area (Å²) in [7, 11) is -1.97. The standard InChI is InChI=1S/C18H19NO6S/c1-19(26(2,23)24)16-9-7-14(8-10-16)17(21)12-25-18(22)15-5-3-13(11-20)4-6-15/h3-10,20H,11-12H2,1-2H3. The van der Waals surface area contributed by atoms with Crippen molar-refractivity contribution < 1.29 is 27.9 Å². The largest absolute Gasteiger partial charge is 0.454 e. The average Bonchev–Trinajstić information content (AvgIpc) is 2.64. The lowest BCUT2D eigenvalue weighted by Gasteiger charge is -2.16. The molecule has 26 heavy (non-hydrogen) atoms. The number of ketones is 1. The Balaban J connectivity index is 1.98. The minimum absolute atomic E-state index is 0.127. The summed E-state index contributed by atoms with van der Waals surface area (Å²) in [4.78, 5) is 24.0. The second kappa shape index (κ2) is 8.11. The molecule has 1 N–H and O–H groups in total. The second-order valence-corrected chi connectivity index (χ2v) is 7.65. The number of benzene rings is 2. The van der Waals surface area contributed by atoms with Crippen LogP contribution in [0.3, 0.4) is 0 Å². The van der Waals surface area contributed by atoms with E-state index in [1.807, 2.05) is 0 Å². The fraction of sp³-hybridized carbons (Fsp3) is 0.222. The molecule has 0 radical (unpaired) electrons. The maximum absolute atomic E-state index is 12.1. The normalized spacial score (nSPS) is 11.0. The molecule has 0 amide bonds. The highest BCUT2D eigenvalue weighted by Gasteiger charge is 2.14. The van der Waals surface area contributed by atoms with Gasteiger partial charge in [-0.3, -0.25) is 9.10 Å². The van der Waals surface area contributed by atoms with E-state index in [9.17, 15) is 18.0 Å². The molecule has 2 aromatic rings. The number of hydrogen-bond acceptors (Lipinski definition) is 6. The third-order valence-corrected chi connectivity index (χ3v) is 4.96. The molecule has 8 heteroatoms. The number of hydrogen-bond donors (Lipinski definition) is 1. The quantitative estimate of drug-likeness (QED) is 0.581. The van der Waals surface area contributed by atoms with E-state index in [-0.39, 0.29) is 12.2 Å². The molecule has 0 spiro atoms. The Bertz CT molecular complexity index is 888. The van der Waals surface area contributed by atoms with Crippen molar-refractivity contribution >= 4 is 27.5 Å². The van der Waals surface area contributed by atoms with Crippen molar-refractivity contribution in [3.8, 4) is 0 Å². The van der Waals surface area contributed by atoms with Gasteiger partial charge in [0, 0.05) is 12.6 Å². The number of aliphatic hydroxyl groups excluding tert-OH is 1. The lowest BCUT2D eigenvalue weighted by molar-refractivity contribution is 0.0474. The van der Waals surface area contributed by atoms with Crippen LogP contribution in [0.2, 0.25) is 0 Å². The number of Topliss-reactive ketones (excluding diaryl/α,β-unsaturated/α-hetero) is 1. The van der Waals surface area contributed by atoms with Crippen LogP contribution in [0.25, 0.3) is 0 Å². The lowest BCUT2D eigenvalue weighted by atomic mass is 10.1. The van der Waals surface area contributed by atoms with E-state index in [1.165, 1.54) is 43.4 Å². The van der Waals surface area contributed by atoms with Gasteiger partial charge in [0.2, 0.25) is 10.0 Å². The molecule has 0 heterocycles. The Kier molecular flexibility index (Phi) is 6.12. The van der Waals surface area contributed by atoms with Crippen molar-refractivity contribution in [2.45, 2.75) is 6.61 Å². The average molecular weight is 377 g/mol. The van der Waals surface area contributed by atoms with E-state index in [2.05, 4.69) is 0 Å². The minimum Gasteiger partial charge on any atom is -0.454 e. The molecule has 0 aromatic heterocycles. The summed E-state index contributed by atoms with van der Waals surface area (Å²) < 4.78 is 29.1. The zero-order valence-corrected chi connectivity index (χ0v) is 15.2. The van der Waals surface area contributed by atoms with Crippen molar-refractivity contribution in [2.24, 2.45) is 0 Å². The van der Waals surface area contributed by atoms with E-state index in [1.54, 1.807) is 12.1 Å². The molecule has 138 valence electrons. The maximum atomic E-state index is 12.1. The number of ether oxygens (including phenoxy) is 1. The third kappa shape index (κ3) is 4.90. The molecular formula is C18H19NO6S. The molecular weight excluding hydrogens is 358 g/mol. The fourth-order valence-electron chi connectivity index (χ4n) is 2.09. The minimum atomic E-state index is -3.38. The van der Waals surface area contributed by atoms with E-state index in [0.29, 0.717) is 16.8 Å². The fourth-order valence-corrected chi connectivity index (χ4v) is 2.60. The van der Waals surface area contributed by atoms with E-state index in [4.69, 9.17) is 9.84 Å². The molecule has 0 atom stereocenters. The number of carbonyl (C=O) groups excluding carboxylic acids is 2. The van der Waals surface area contributed by atoms with Gasteiger partial charge in [0.1, 0.15) is 0 Å². The number of anilines is 1. The first kappa shape index (κ1) is 19.6. The maximum Gasteiger partial charge on any atom is 0.338 e. The lowest BCUT2D eigenvalue weighted by Crippen LogP contribution is -2.24. The molecule has 2 rings (SSSR count). The van der Waals surface area contributed by atoms with Gasteiger partial charge in [-0.05, 0) is 42.0 Å². The van der Waals surface area contributed by atoms with Crippen LogP contribution in [0, 0.1) is 0 Å². The van der Waals surface area contributed by atoms with Crippen molar-refractivity contribution in [1.82, 2.24) is 0 Å². The van der Waals surface area contributed by atoms with Gasteiger partial charge in [0.05, 0.1) is 24.1 Å². The molecule has 7 nitrogen and oxygen atoms in total. The number of aliphatic hydroxyl groups is 1. The summed E-state index contributed by atoms with van der Waals surface area (Å²) in [5.41, 5.74) is 1.67. The van der Waals surface area contributed by atoms with Crippen LogP contribution in [-0.2, 0) is 21.4 Å². The third-order valence-electron chi connectivity index (χ3n) is 3.76. The second-order valence-electron chi connectivity index (χ2n) is 5.63. The van der Waals surface area contributed by atoms with Crippen LogP contribution < -0.4 is 4.31 Å². The van der Waals surface area contributed by atoms with Crippen LogP contribution in [0.15, 0.2) is 48.5 Å². The summed E-state index contributed by atoms with van der Waals surface area (Å²) in [6.07, 6.45) is 1.08. The van der Waals surface area contributed by atoms with Gasteiger partial charge in [0.25, 0.3) is 0 Å².